The molecular weight excluding hydrogens is 216 g/mol. The number of nitrogens with zero attached hydrogens (tertiary/aromatic N) is 1. The second-order valence-electron chi connectivity index (χ2n) is 4.82. The molecule has 0 bridgehead atoms. The fraction of sp³-hybridized carbons (Fsp3) is 0.583. The Bertz CT molecular complexity index is 396. The van der Waals surface area contributed by atoms with Gasteiger partial charge in [0, 0.05) is 18.4 Å². The van der Waals surface area contributed by atoms with Crippen LogP contribution in [0.25, 0.3) is 0 Å². The van der Waals surface area contributed by atoms with Crippen molar-refractivity contribution in [3.05, 3.63) is 24.0 Å². The average molecular weight is 236 g/mol. The van der Waals surface area contributed by atoms with Crippen LogP contribution < -0.4 is 16.4 Å². The third-order valence-corrected chi connectivity index (χ3v) is 3.36. The van der Waals surface area contributed by atoms with Gasteiger partial charge in [0.25, 0.3) is 0 Å². The summed E-state index contributed by atoms with van der Waals surface area (Å²) in [5, 5.41) is 15.5. The van der Waals surface area contributed by atoms with Gasteiger partial charge in [0.15, 0.2) is 0 Å². The number of aliphatic hydroxyl groups is 1. The van der Waals surface area contributed by atoms with E-state index in [1.54, 1.807) is 13.1 Å². The van der Waals surface area contributed by atoms with Crippen molar-refractivity contribution in [2.24, 2.45) is 11.7 Å². The topological polar surface area (TPSA) is 83.2 Å². The fourth-order valence-corrected chi connectivity index (χ4v) is 2.21. The van der Waals surface area contributed by atoms with E-state index in [0.29, 0.717) is 5.92 Å². The lowest BCUT2D eigenvalue weighted by Gasteiger charge is -2.27. The Hall–Kier alpha value is -1.17. The van der Waals surface area contributed by atoms with E-state index in [0.717, 1.165) is 24.5 Å². The third-order valence-electron chi connectivity index (χ3n) is 3.36. The molecule has 3 atom stereocenters. The Labute approximate surface area is 101 Å². The van der Waals surface area contributed by atoms with Crippen molar-refractivity contribution < 1.29 is 5.11 Å². The number of aromatic nitrogens is 1. The lowest BCUT2D eigenvalue weighted by atomic mass is 9.86. The standard InChI is InChI=1S/C12H20N4O/c1-8-6-14-7-12(8,13)11-5-10(3-4-15-11)16-9(2)17/h3-5,8-9,14,17H,6-7,13H2,1-2H3,(H,15,16). The van der Waals surface area contributed by atoms with Crippen LogP contribution in [0.15, 0.2) is 18.3 Å². The van der Waals surface area contributed by atoms with E-state index in [-0.39, 0.29) is 0 Å². The maximum absolute atomic E-state index is 9.30. The van der Waals surface area contributed by atoms with E-state index in [1.165, 1.54) is 0 Å². The molecule has 0 radical (unpaired) electrons. The molecule has 1 aromatic heterocycles. The summed E-state index contributed by atoms with van der Waals surface area (Å²) < 4.78 is 0. The molecule has 0 spiro atoms. The van der Waals surface area contributed by atoms with E-state index in [4.69, 9.17) is 5.73 Å². The molecule has 2 heterocycles. The van der Waals surface area contributed by atoms with Crippen LogP contribution in [0.4, 0.5) is 5.69 Å². The maximum atomic E-state index is 9.30. The van der Waals surface area contributed by atoms with Gasteiger partial charge < -0.3 is 21.5 Å². The summed E-state index contributed by atoms with van der Waals surface area (Å²) in [6.45, 7) is 5.44. The number of nitrogens with one attached hydrogen (secondary N) is 2. The molecular formula is C12H20N4O. The Balaban J connectivity index is 2.26. The lowest BCUT2D eigenvalue weighted by molar-refractivity contribution is 0.224. The van der Waals surface area contributed by atoms with Crippen LogP contribution >= 0.6 is 0 Å². The summed E-state index contributed by atoms with van der Waals surface area (Å²) in [4.78, 5) is 4.36. The van der Waals surface area contributed by atoms with Gasteiger partial charge in [0.1, 0.15) is 6.23 Å². The minimum absolute atomic E-state index is 0.344. The highest BCUT2D eigenvalue weighted by atomic mass is 16.3. The zero-order valence-electron chi connectivity index (χ0n) is 10.3. The molecule has 94 valence electrons. The predicted octanol–water partition coefficient (Wildman–Crippen LogP) is 0.225. The van der Waals surface area contributed by atoms with Crippen LogP contribution in [0.2, 0.25) is 0 Å². The summed E-state index contributed by atoms with van der Waals surface area (Å²) >= 11 is 0. The SMILES string of the molecule is CC(O)Nc1ccnc(C2(N)CNCC2C)c1. The zero-order chi connectivity index (χ0) is 12.5. The molecule has 17 heavy (non-hydrogen) atoms. The Morgan fingerprint density at radius 1 is 1.71 bits per heavy atom. The summed E-state index contributed by atoms with van der Waals surface area (Å²) in [7, 11) is 0. The molecule has 5 nitrogen and oxygen atoms in total. The van der Waals surface area contributed by atoms with Crippen LogP contribution in [0.3, 0.4) is 0 Å². The van der Waals surface area contributed by atoms with E-state index in [2.05, 4.69) is 22.5 Å². The smallest absolute Gasteiger partial charge is 0.121 e. The average Bonchev–Trinajstić information content (AvgIpc) is 2.60. The van der Waals surface area contributed by atoms with Crippen molar-refractivity contribution in [1.29, 1.82) is 0 Å². The zero-order valence-corrected chi connectivity index (χ0v) is 10.3. The summed E-state index contributed by atoms with van der Waals surface area (Å²) in [5.74, 6) is 0.344. The predicted molar refractivity (Wildman–Crippen MR) is 67.4 cm³/mol. The van der Waals surface area contributed by atoms with Crippen LogP contribution in [0.1, 0.15) is 19.5 Å². The van der Waals surface area contributed by atoms with Gasteiger partial charge in [-0.2, -0.15) is 0 Å². The molecule has 0 saturated carbocycles. The normalized spacial score (nSPS) is 30.2. The molecule has 1 saturated heterocycles. The molecule has 0 amide bonds. The second kappa shape index (κ2) is 4.60. The monoisotopic (exact) mass is 236 g/mol. The van der Waals surface area contributed by atoms with Crippen molar-refractivity contribution >= 4 is 5.69 Å². The van der Waals surface area contributed by atoms with Crippen molar-refractivity contribution in [3.8, 4) is 0 Å². The summed E-state index contributed by atoms with van der Waals surface area (Å²) in [6, 6.07) is 3.74. The summed E-state index contributed by atoms with van der Waals surface area (Å²) in [5.41, 5.74) is 7.69. The van der Waals surface area contributed by atoms with Gasteiger partial charge in [0.2, 0.25) is 0 Å². The molecule has 5 heteroatoms. The quantitative estimate of drug-likeness (QED) is 0.565. The molecule has 0 aromatic carbocycles. The molecule has 3 unspecified atom stereocenters. The van der Waals surface area contributed by atoms with Gasteiger partial charge in [-0.15, -0.1) is 0 Å². The maximum Gasteiger partial charge on any atom is 0.121 e. The van der Waals surface area contributed by atoms with E-state index in [9.17, 15) is 5.11 Å². The second-order valence-corrected chi connectivity index (χ2v) is 4.82. The van der Waals surface area contributed by atoms with Crippen molar-refractivity contribution in [1.82, 2.24) is 10.3 Å². The number of hydrogen-bond acceptors (Lipinski definition) is 5. The molecule has 2 rings (SSSR count). The summed E-state index contributed by atoms with van der Waals surface area (Å²) in [6.07, 6.45) is 1.14. The number of nitrogens with two attached hydrogens (primary N) is 1. The first-order chi connectivity index (χ1) is 8.02. The highest BCUT2D eigenvalue weighted by Crippen LogP contribution is 2.29. The first-order valence-electron chi connectivity index (χ1n) is 5.93. The first-order valence-corrected chi connectivity index (χ1v) is 5.93. The van der Waals surface area contributed by atoms with Crippen LogP contribution in [0.5, 0.6) is 0 Å². The van der Waals surface area contributed by atoms with E-state index >= 15 is 0 Å². The van der Waals surface area contributed by atoms with Crippen molar-refractivity contribution in [2.45, 2.75) is 25.6 Å². The van der Waals surface area contributed by atoms with Crippen LogP contribution in [0, 0.1) is 5.92 Å². The van der Waals surface area contributed by atoms with Gasteiger partial charge >= 0.3 is 0 Å². The first kappa shape index (κ1) is 12.3. The van der Waals surface area contributed by atoms with Crippen molar-refractivity contribution in [2.75, 3.05) is 18.4 Å². The minimum Gasteiger partial charge on any atom is -0.374 e. The Morgan fingerprint density at radius 3 is 3.06 bits per heavy atom. The number of aliphatic hydroxyl groups excluding tert-OH is 1. The molecule has 5 N–H and O–H groups in total. The van der Waals surface area contributed by atoms with Crippen LogP contribution in [-0.2, 0) is 5.54 Å². The van der Waals surface area contributed by atoms with Crippen LogP contribution in [-0.4, -0.2) is 29.4 Å². The molecule has 1 aliphatic rings. The molecule has 0 aliphatic carbocycles. The Kier molecular flexibility index (Phi) is 3.33. The van der Waals surface area contributed by atoms with Gasteiger partial charge in [-0.3, -0.25) is 4.98 Å². The highest BCUT2D eigenvalue weighted by Gasteiger charge is 2.39. The van der Waals surface area contributed by atoms with Gasteiger partial charge in [0.05, 0.1) is 11.2 Å². The van der Waals surface area contributed by atoms with E-state index in [1.807, 2.05) is 12.1 Å². The minimum atomic E-state index is -0.585. The van der Waals surface area contributed by atoms with Gasteiger partial charge in [-0.05, 0) is 31.5 Å². The van der Waals surface area contributed by atoms with E-state index < -0.39 is 11.8 Å². The van der Waals surface area contributed by atoms with Gasteiger partial charge in [-0.25, -0.2) is 0 Å². The molecule has 1 aromatic rings. The van der Waals surface area contributed by atoms with Gasteiger partial charge in [-0.1, -0.05) is 6.92 Å². The number of hydrogen-bond donors (Lipinski definition) is 4. The number of pyridine rings is 1. The largest absolute Gasteiger partial charge is 0.374 e. The molecule has 1 fully saturated rings. The van der Waals surface area contributed by atoms with Crippen molar-refractivity contribution in [3.63, 3.8) is 0 Å². The third kappa shape index (κ3) is 2.41. The molecule has 1 aliphatic heterocycles. The fourth-order valence-electron chi connectivity index (χ4n) is 2.21. The lowest BCUT2D eigenvalue weighted by Crippen LogP contribution is -2.44. The number of anilines is 1. The highest BCUT2D eigenvalue weighted by molar-refractivity contribution is 5.45. The number of rotatable bonds is 3. The Morgan fingerprint density at radius 2 is 2.47 bits per heavy atom.